The third-order valence-corrected chi connectivity index (χ3v) is 3.49. The summed E-state index contributed by atoms with van der Waals surface area (Å²) in [5.74, 6) is 0. The number of aromatic nitrogens is 1. The van der Waals surface area contributed by atoms with Crippen LogP contribution in [0.15, 0.2) is 47.8 Å². The number of pyridine rings is 1. The molecule has 0 atom stereocenters. The molecule has 1 aromatic heterocycles. The summed E-state index contributed by atoms with van der Waals surface area (Å²) in [6.07, 6.45) is 0. The Labute approximate surface area is 119 Å². The lowest BCUT2D eigenvalue weighted by atomic mass is 10.0. The molecule has 0 unspecified atom stereocenters. The van der Waals surface area contributed by atoms with E-state index in [1.807, 2.05) is 13.0 Å². The highest BCUT2D eigenvalue weighted by Gasteiger charge is 2.12. The van der Waals surface area contributed by atoms with Crippen molar-refractivity contribution in [2.24, 2.45) is 0 Å². The molecular weight excluding hydrogens is 268 g/mol. The van der Waals surface area contributed by atoms with E-state index in [1.54, 1.807) is 18.2 Å². The number of allylic oxidation sites excluding steroid dienone is 1. The Morgan fingerprint density at radius 1 is 1.24 bits per heavy atom. The highest BCUT2D eigenvalue weighted by atomic mass is 16.6. The van der Waals surface area contributed by atoms with Gasteiger partial charge >= 0.3 is 0 Å². The fraction of sp³-hybridized carbons (Fsp3) is 0.0625. The Balaban J connectivity index is 2.49. The van der Waals surface area contributed by atoms with Crippen LogP contribution in [0.4, 0.5) is 5.69 Å². The zero-order chi connectivity index (χ0) is 15.1. The maximum atomic E-state index is 12.6. The van der Waals surface area contributed by atoms with E-state index in [-0.39, 0.29) is 11.1 Å². The number of benzene rings is 2. The van der Waals surface area contributed by atoms with Crippen LogP contribution in [-0.2, 0) is 0 Å². The zero-order valence-corrected chi connectivity index (χ0v) is 11.3. The number of nitro benzene ring substituents is 1. The van der Waals surface area contributed by atoms with Gasteiger partial charge in [-0.25, -0.2) is 0 Å². The lowest BCUT2D eigenvalue weighted by Crippen LogP contribution is -2.06. The van der Waals surface area contributed by atoms with E-state index >= 15 is 0 Å². The molecule has 1 heterocycles. The predicted molar refractivity (Wildman–Crippen MR) is 83.4 cm³/mol. The van der Waals surface area contributed by atoms with Crippen LogP contribution in [0.3, 0.4) is 0 Å². The van der Waals surface area contributed by atoms with Gasteiger partial charge in [0.15, 0.2) is 5.43 Å². The molecule has 0 aliphatic heterocycles. The van der Waals surface area contributed by atoms with E-state index in [4.69, 9.17) is 0 Å². The van der Waals surface area contributed by atoms with Crippen LogP contribution in [0.1, 0.15) is 12.5 Å². The van der Waals surface area contributed by atoms with Gasteiger partial charge in [0.25, 0.3) is 5.69 Å². The second-order valence-electron chi connectivity index (χ2n) is 4.95. The molecular formula is C16H12N2O3. The van der Waals surface area contributed by atoms with Crippen molar-refractivity contribution in [3.05, 3.63) is 68.9 Å². The van der Waals surface area contributed by atoms with Crippen molar-refractivity contribution in [2.75, 3.05) is 0 Å². The van der Waals surface area contributed by atoms with Crippen LogP contribution >= 0.6 is 0 Å². The van der Waals surface area contributed by atoms with Crippen LogP contribution in [-0.4, -0.2) is 9.91 Å². The number of nitrogens with one attached hydrogen (secondary N) is 1. The molecule has 104 valence electrons. The van der Waals surface area contributed by atoms with Crippen molar-refractivity contribution in [2.45, 2.75) is 6.92 Å². The first-order valence-corrected chi connectivity index (χ1v) is 6.38. The summed E-state index contributed by atoms with van der Waals surface area (Å²) in [5.41, 5.74) is 2.68. The van der Waals surface area contributed by atoms with E-state index in [2.05, 4.69) is 11.6 Å². The summed E-state index contributed by atoms with van der Waals surface area (Å²) in [5, 5.41) is 11.7. The minimum atomic E-state index is -0.507. The summed E-state index contributed by atoms with van der Waals surface area (Å²) < 4.78 is 0. The summed E-state index contributed by atoms with van der Waals surface area (Å²) >= 11 is 0. The molecule has 3 rings (SSSR count). The fourth-order valence-corrected chi connectivity index (χ4v) is 2.45. The molecule has 0 aliphatic rings. The van der Waals surface area contributed by atoms with Gasteiger partial charge in [-0.05, 0) is 24.6 Å². The van der Waals surface area contributed by atoms with E-state index in [0.29, 0.717) is 21.8 Å². The lowest BCUT2D eigenvalue weighted by Gasteiger charge is -2.08. The Bertz CT molecular complexity index is 964. The minimum absolute atomic E-state index is 0.0941. The number of hydrogen-bond acceptors (Lipinski definition) is 3. The fourth-order valence-electron chi connectivity index (χ4n) is 2.45. The van der Waals surface area contributed by atoms with Crippen molar-refractivity contribution in [3.63, 3.8) is 0 Å². The number of fused-ring (bicyclic) bond motifs is 2. The number of H-pyrrole nitrogens is 1. The number of rotatable bonds is 2. The normalized spacial score (nSPS) is 10.9. The quantitative estimate of drug-likeness (QED) is 0.442. The second-order valence-corrected chi connectivity index (χ2v) is 4.95. The molecule has 5 heteroatoms. The van der Waals surface area contributed by atoms with Gasteiger partial charge in [0.1, 0.15) is 0 Å². The second kappa shape index (κ2) is 4.56. The first-order valence-electron chi connectivity index (χ1n) is 6.38. The van der Waals surface area contributed by atoms with Crippen molar-refractivity contribution in [3.8, 4) is 0 Å². The monoisotopic (exact) mass is 280 g/mol. The maximum absolute atomic E-state index is 12.6. The average Bonchev–Trinajstić information content (AvgIpc) is 2.46. The van der Waals surface area contributed by atoms with Gasteiger partial charge in [0, 0.05) is 23.1 Å². The third kappa shape index (κ3) is 1.99. The van der Waals surface area contributed by atoms with Gasteiger partial charge in [-0.3, -0.25) is 14.9 Å². The lowest BCUT2D eigenvalue weighted by molar-refractivity contribution is -0.384. The number of nitrogens with zero attached hydrogens (tertiary/aromatic N) is 1. The number of non-ortho nitro benzene ring substituents is 1. The molecule has 0 saturated carbocycles. The van der Waals surface area contributed by atoms with Gasteiger partial charge in [-0.1, -0.05) is 18.7 Å². The SMILES string of the molecule is C=C(C)c1cccc2c(=O)c3cc([N+](=O)[O-])ccc3[nH]c12. The van der Waals surface area contributed by atoms with Gasteiger partial charge in [0.2, 0.25) is 0 Å². The van der Waals surface area contributed by atoms with E-state index in [0.717, 1.165) is 11.1 Å². The largest absolute Gasteiger partial charge is 0.354 e. The molecule has 0 fully saturated rings. The smallest absolute Gasteiger partial charge is 0.270 e. The molecule has 0 saturated heterocycles. The standard InChI is InChI=1S/C16H12N2O3/c1-9(2)11-4-3-5-12-15(11)17-14-7-6-10(18(20)21)8-13(14)16(12)19/h3-8H,1H2,2H3,(H,17,19). The summed E-state index contributed by atoms with van der Waals surface area (Å²) in [7, 11) is 0. The van der Waals surface area contributed by atoms with E-state index in [9.17, 15) is 14.9 Å². The molecule has 1 N–H and O–H groups in total. The number of para-hydroxylation sites is 1. The Morgan fingerprint density at radius 2 is 2.00 bits per heavy atom. The highest BCUT2D eigenvalue weighted by molar-refractivity contribution is 5.98. The van der Waals surface area contributed by atoms with Crippen molar-refractivity contribution < 1.29 is 4.92 Å². The third-order valence-electron chi connectivity index (χ3n) is 3.49. The maximum Gasteiger partial charge on any atom is 0.270 e. The number of aromatic amines is 1. The van der Waals surface area contributed by atoms with Gasteiger partial charge < -0.3 is 4.98 Å². The molecule has 2 aromatic carbocycles. The summed E-state index contributed by atoms with van der Waals surface area (Å²) in [4.78, 5) is 26.1. The van der Waals surface area contributed by atoms with Crippen molar-refractivity contribution in [1.29, 1.82) is 0 Å². The minimum Gasteiger partial charge on any atom is -0.354 e. The van der Waals surface area contributed by atoms with Crippen LogP contribution in [0.2, 0.25) is 0 Å². The van der Waals surface area contributed by atoms with Crippen molar-refractivity contribution >= 4 is 33.1 Å². The number of hydrogen-bond donors (Lipinski definition) is 1. The molecule has 0 radical (unpaired) electrons. The first kappa shape index (κ1) is 13.1. The Kier molecular flexibility index (Phi) is 2.83. The molecule has 21 heavy (non-hydrogen) atoms. The first-order chi connectivity index (χ1) is 9.99. The molecule has 0 bridgehead atoms. The van der Waals surface area contributed by atoms with Gasteiger partial charge in [-0.2, -0.15) is 0 Å². The van der Waals surface area contributed by atoms with Gasteiger partial charge in [0.05, 0.1) is 21.3 Å². The van der Waals surface area contributed by atoms with Crippen LogP contribution < -0.4 is 5.43 Å². The van der Waals surface area contributed by atoms with Crippen LogP contribution in [0, 0.1) is 10.1 Å². The summed E-state index contributed by atoms with van der Waals surface area (Å²) in [6.45, 7) is 5.78. The van der Waals surface area contributed by atoms with E-state index < -0.39 is 4.92 Å². The average molecular weight is 280 g/mol. The molecule has 5 nitrogen and oxygen atoms in total. The molecule has 0 spiro atoms. The van der Waals surface area contributed by atoms with Crippen LogP contribution in [0.5, 0.6) is 0 Å². The molecule has 0 amide bonds. The topological polar surface area (TPSA) is 76.0 Å². The van der Waals surface area contributed by atoms with Crippen molar-refractivity contribution in [1.82, 2.24) is 4.98 Å². The zero-order valence-electron chi connectivity index (χ0n) is 11.3. The molecule has 3 aromatic rings. The predicted octanol–water partition coefficient (Wildman–Crippen LogP) is 3.62. The van der Waals surface area contributed by atoms with Gasteiger partial charge in [-0.15, -0.1) is 0 Å². The Morgan fingerprint density at radius 3 is 2.67 bits per heavy atom. The summed E-state index contributed by atoms with van der Waals surface area (Å²) in [6, 6.07) is 9.62. The molecule has 0 aliphatic carbocycles. The van der Waals surface area contributed by atoms with E-state index in [1.165, 1.54) is 12.1 Å². The number of nitro groups is 1. The Hall–Kier alpha value is -2.95. The highest BCUT2D eigenvalue weighted by Crippen LogP contribution is 2.24. The van der Waals surface area contributed by atoms with Crippen LogP contribution in [0.25, 0.3) is 27.4 Å².